The monoisotopic (exact) mass is 459 g/mol. The summed E-state index contributed by atoms with van der Waals surface area (Å²) in [5.74, 6) is -5.53. The molecule has 2 heterocycles. The Hall–Kier alpha value is -2.13. The second-order valence-electron chi connectivity index (χ2n) is 6.29. The maximum Gasteiger partial charge on any atom is 0.435 e. The van der Waals surface area contributed by atoms with Crippen LogP contribution in [0.1, 0.15) is 25.1 Å². The molecule has 0 bridgehead atoms. The van der Waals surface area contributed by atoms with Gasteiger partial charge in [-0.1, -0.05) is 5.16 Å². The van der Waals surface area contributed by atoms with E-state index in [1.54, 1.807) is 0 Å². The molecular weight excluding hydrogens is 446 g/mol. The second-order valence-corrected chi connectivity index (χ2v) is 8.30. The molecule has 0 N–H and O–H groups in total. The number of sulfone groups is 1. The average Bonchev–Trinajstić information content (AvgIpc) is 3.00. The zero-order valence-corrected chi connectivity index (χ0v) is 15.6. The molecule has 1 aliphatic heterocycles. The van der Waals surface area contributed by atoms with Gasteiger partial charge in [0.15, 0.2) is 23.6 Å². The molecular formula is C13H13F8N3O4S. The predicted molar refractivity (Wildman–Crippen MR) is 80.2 cm³/mol. The van der Waals surface area contributed by atoms with Gasteiger partial charge in [0.1, 0.15) is 0 Å². The summed E-state index contributed by atoms with van der Waals surface area (Å²) < 4.78 is 136. The molecule has 0 saturated carbocycles. The standard InChI is InChI=1S/C13H13F8N3O4S/c1-11(2)12(18,29(25,26)10(16)17)7(23-28-11)6-8(13(19,20)21)22-24(3)9(6)27-4-5(14)15/h5,10H,4H2,1-3H3. The molecule has 1 aliphatic rings. The van der Waals surface area contributed by atoms with Crippen molar-refractivity contribution in [3.63, 3.8) is 0 Å². The van der Waals surface area contributed by atoms with Gasteiger partial charge < -0.3 is 9.57 Å². The Kier molecular flexibility index (Phi) is 5.57. The Bertz CT molecular complexity index is 925. The van der Waals surface area contributed by atoms with E-state index >= 15 is 4.39 Å². The van der Waals surface area contributed by atoms with Crippen LogP contribution in [0.3, 0.4) is 0 Å². The van der Waals surface area contributed by atoms with E-state index in [9.17, 15) is 39.2 Å². The van der Waals surface area contributed by atoms with Gasteiger partial charge in [0.2, 0.25) is 5.88 Å². The molecule has 166 valence electrons. The lowest BCUT2D eigenvalue weighted by molar-refractivity contribution is -0.141. The molecule has 1 unspecified atom stereocenters. The van der Waals surface area contributed by atoms with E-state index in [1.807, 2.05) is 0 Å². The van der Waals surface area contributed by atoms with Gasteiger partial charge in [-0.25, -0.2) is 26.3 Å². The minimum atomic E-state index is -6.15. The first kappa shape index (κ1) is 23.2. The van der Waals surface area contributed by atoms with Crippen LogP contribution in [0.25, 0.3) is 0 Å². The number of alkyl halides is 8. The lowest BCUT2D eigenvalue weighted by Crippen LogP contribution is -2.57. The number of aromatic nitrogens is 2. The van der Waals surface area contributed by atoms with Crippen molar-refractivity contribution in [2.45, 2.75) is 42.8 Å². The van der Waals surface area contributed by atoms with E-state index in [4.69, 9.17) is 0 Å². The zero-order valence-electron chi connectivity index (χ0n) is 14.8. The summed E-state index contributed by atoms with van der Waals surface area (Å²) in [6, 6.07) is 0. The first-order valence-electron chi connectivity index (χ1n) is 7.51. The van der Waals surface area contributed by atoms with Crippen molar-refractivity contribution in [2.75, 3.05) is 6.61 Å². The van der Waals surface area contributed by atoms with Crippen molar-refractivity contribution in [3.05, 3.63) is 11.3 Å². The molecule has 0 amide bonds. The minimum absolute atomic E-state index is 0.268. The number of halogens is 8. The zero-order chi connectivity index (χ0) is 22.6. The molecule has 0 aliphatic carbocycles. The van der Waals surface area contributed by atoms with Gasteiger partial charge in [-0.3, -0.25) is 0 Å². The summed E-state index contributed by atoms with van der Waals surface area (Å²) >= 11 is 0. The van der Waals surface area contributed by atoms with Crippen molar-refractivity contribution in [3.8, 4) is 5.88 Å². The Morgan fingerprint density at radius 1 is 1.21 bits per heavy atom. The van der Waals surface area contributed by atoms with Gasteiger partial charge in [0, 0.05) is 7.05 Å². The lowest BCUT2D eigenvalue weighted by Gasteiger charge is -2.31. The molecule has 0 radical (unpaired) electrons. The van der Waals surface area contributed by atoms with Gasteiger partial charge in [-0.15, -0.1) is 0 Å². The summed E-state index contributed by atoms with van der Waals surface area (Å²) in [7, 11) is -5.35. The third kappa shape index (κ3) is 3.50. The molecule has 0 aromatic carbocycles. The molecule has 16 heteroatoms. The summed E-state index contributed by atoms with van der Waals surface area (Å²) in [5.41, 5.74) is -7.97. The van der Waals surface area contributed by atoms with Crippen LogP contribution in [0.2, 0.25) is 0 Å². The van der Waals surface area contributed by atoms with Gasteiger partial charge in [-0.2, -0.15) is 27.1 Å². The van der Waals surface area contributed by atoms with Crippen LogP contribution in [0.4, 0.5) is 35.1 Å². The van der Waals surface area contributed by atoms with Crippen LogP contribution < -0.4 is 4.74 Å². The second kappa shape index (κ2) is 6.98. The van der Waals surface area contributed by atoms with E-state index < -0.39 is 68.3 Å². The number of hydrogen-bond acceptors (Lipinski definition) is 6. The highest BCUT2D eigenvalue weighted by molar-refractivity contribution is 7.93. The predicted octanol–water partition coefficient (Wildman–Crippen LogP) is 2.90. The molecule has 0 fully saturated rings. The summed E-state index contributed by atoms with van der Waals surface area (Å²) in [5, 5.41) is 1.63. The molecule has 0 spiro atoms. The van der Waals surface area contributed by atoms with Crippen LogP contribution in [-0.2, 0) is 27.9 Å². The van der Waals surface area contributed by atoms with Crippen LogP contribution in [0, 0.1) is 0 Å². The van der Waals surface area contributed by atoms with Crippen molar-refractivity contribution < 1.29 is 53.1 Å². The fraction of sp³-hybridized carbons (Fsp3) is 0.692. The van der Waals surface area contributed by atoms with Crippen molar-refractivity contribution in [1.82, 2.24) is 9.78 Å². The summed E-state index contributed by atoms with van der Waals surface area (Å²) in [4.78, 5) is 4.51. The highest BCUT2D eigenvalue weighted by atomic mass is 32.2. The maximum atomic E-state index is 15.7. The Morgan fingerprint density at radius 2 is 1.76 bits per heavy atom. The molecule has 0 saturated heterocycles. The van der Waals surface area contributed by atoms with Crippen LogP contribution in [0.15, 0.2) is 5.16 Å². The first-order chi connectivity index (χ1) is 13.0. The molecule has 2 rings (SSSR count). The van der Waals surface area contributed by atoms with Gasteiger partial charge in [-0.05, 0) is 13.8 Å². The number of ether oxygens (including phenoxy) is 1. The third-order valence-corrected chi connectivity index (χ3v) is 5.85. The molecule has 7 nitrogen and oxygen atoms in total. The van der Waals surface area contributed by atoms with E-state index in [0.717, 1.165) is 7.05 Å². The van der Waals surface area contributed by atoms with Gasteiger partial charge in [0.05, 0.1) is 5.56 Å². The SMILES string of the molecule is Cn1nc(C(F)(F)F)c(C2=NOC(C)(C)C2(F)S(=O)(=O)C(F)F)c1OCC(F)F. The van der Waals surface area contributed by atoms with E-state index in [1.165, 1.54) is 0 Å². The van der Waals surface area contributed by atoms with Crippen molar-refractivity contribution >= 4 is 15.5 Å². The number of aryl methyl sites for hydroxylation is 1. The number of rotatable bonds is 6. The highest BCUT2D eigenvalue weighted by Gasteiger charge is 2.70. The fourth-order valence-corrected chi connectivity index (χ4v) is 3.97. The average molecular weight is 459 g/mol. The van der Waals surface area contributed by atoms with Crippen LogP contribution in [-0.4, -0.2) is 53.3 Å². The van der Waals surface area contributed by atoms with Crippen molar-refractivity contribution in [1.29, 1.82) is 0 Å². The number of nitrogens with zero attached hydrogens (tertiary/aromatic N) is 3. The Balaban J connectivity index is 2.84. The number of oxime groups is 1. The smallest absolute Gasteiger partial charge is 0.435 e. The molecule has 1 atom stereocenters. The van der Waals surface area contributed by atoms with Crippen LogP contribution >= 0.6 is 0 Å². The topological polar surface area (TPSA) is 82.8 Å². The lowest BCUT2D eigenvalue weighted by atomic mass is 9.94. The minimum Gasteiger partial charge on any atom is -0.471 e. The summed E-state index contributed by atoms with van der Waals surface area (Å²) in [6.07, 6.45) is -8.57. The largest absolute Gasteiger partial charge is 0.471 e. The van der Waals surface area contributed by atoms with E-state index in [-0.39, 0.29) is 4.68 Å². The maximum absolute atomic E-state index is 15.7. The first-order valence-corrected chi connectivity index (χ1v) is 9.05. The van der Waals surface area contributed by atoms with E-state index in [2.05, 4.69) is 19.8 Å². The molecule has 1 aromatic heterocycles. The van der Waals surface area contributed by atoms with Gasteiger partial charge in [0.25, 0.3) is 16.3 Å². The third-order valence-electron chi connectivity index (χ3n) is 3.92. The molecule has 29 heavy (non-hydrogen) atoms. The van der Waals surface area contributed by atoms with Crippen LogP contribution in [0.5, 0.6) is 5.88 Å². The molecule has 1 aromatic rings. The van der Waals surface area contributed by atoms with E-state index in [0.29, 0.717) is 13.8 Å². The van der Waals surface area contributed by atoms with Gasteiger partial charge >= 0.3 is 16.9 Å². The summed E-state index contributed by atoms with van der Waals surface area (Å²) in [6.45, 7) is -0.165. The fourth-order valence-electron chi connectivity index (χ4n) is 2.60. The normalized spacial score (nSPS) is 22.2. The Labute approximate surface area is 158 Å². The highest BCUT2D eigenvalue weighted by Crippen LogP contribution is 2.49. The number of hydrogen-bond donors (Lipinski definition) is 0. The van der Waals surface area contributed by atoms with Crippen molar-refractivity contribution in [2.24, 2.45) is 12.2 Å². The quantitative estimate of drug-likeness (QED) is 0.611. The Morgan fingerprint density at radius 3 is 2.21 bits per heavy atom.